The first-order chi connectivity index (χ1) is 9.69. The molecule has 20 heavy (non-hydrogen) atoms. The van der Waals surface area contributed by atoms with Crippen LogP contribution in [-0.2, 0) is 9.53 Å². The number of rotatable bonds is 5. The molecular weight excluding hydrogens is 254 g/mol. The molecule has 0 atom stereocenters. The summed E-state index contributed by atoms with van der Waals surface area (Å²) >= 11 is 0. The number of likely N-dealkylation sites (tertiary alicyclic amines) is 2. The van der Waals surface area contributed by atoms with Crippen LogP contribution in [0.25, 0.3) is 0 Å². The highest BCUT2D eigenvalue weighted by molar-refractivity contribution is 5.77. The standard InChI is InChI=1S/C15H29N3O2/c1-17-7-3-13(4-8-17)11-16-14-5-9-18(10-6-14)15(19)12-20-2/h13-14,16H,3-12H2,1-2H3. The molecule has 5 heteroatoms. The molecule has 0 radical (unpaired) electrons. The molecule has 1 amide bonds. The fourth-order valence-corrected chi connectivity index (χ4v) is 3.15. The summed E-state index contributed by atoms with van der Waals surface area (Å²) in [5.41, 5.74) is 0. The summed E-state index contributed by atoms with van der Waals surface area (Å²) in [5.74, 6) is 0.959. The van der Waals surface area contributed by atoms with Crippen molar-refractivity contribution >= 4 is 5.91 Å². The Kier molecular flexibility index (Phi) is 6.26. The lowest BCUT2D eigenvalue weighted by atomic mass is 9.96. The minimum absolute atomic E-state index is 0.126. The van der Waals surface area contributed by atoms with Gasteiger partial charge < -0.3 is 19.9 Å². The Morgan fingerprint density at radius 3 is 2.40 bits per heavy atom. The van der Waals surface area contributed by atoms with Crippen molar-refractivity contribution in [2.45, 2.75) is 31.7 Å². The van der Waals surface area contributed by atoms with E-state index in [1.807, 2.05) is 4.90 Å². The molecule has 2 saturated heterocycles. The van der Waals surface area contributed by atoms with Gasteiger partial charge in [0.2, 0.25) is 5.91 Å². The lowest BCUT2D eigenvalue weighted by Gasteiger charge is -2.34. The van der Waals surface area contributed by atoms with Gasteiger partial charge >= 0.3 is 0 Å². The lowest BCUT2D eigenvalue weighted by Crippen LogP contribution is -2.47. The molecule has 0 aromatic rings. The van der Waals surface area contributed by atoms with E-state index in [1.54, 1.807) is 7.11 Å². The van der Waals surface area contributed by atoms with Crippen LogP contribution in [0.1, 0.15) is 25.7 Å². The second kappa shape index (κ2) is 7.96. The van der Waals surface area contributed by atoms with E-state index in [0.29, 0.717) is 6.04 Å². The van der Waals surface area contributed by atoms with Crippen molar-refractivity contribution in [2.24, 2.45) is 5.92 Å². The van der Waals surface area contributed by atoms with Crippen molar-refractivity contribution in [2.75, 3.05) is 53.5 Å². The van der Waals surface area contributed by atoms with Crippen LogP contribution in [-0.4, -0.2) is 75.2 Å². The second-order valence-electron chi connectivity index (χ2n) is 6.24. The van der Waals surface area contributed by atoms with Crippen LogP contribution in [0.15, 0.2) is 0 Å². The maximum Gasteiger partial charge on any atom is 0.248 e. The van der Waals surface area contributed by atoms with E-state index in [0.717, 1.165) is 38.4 Å². The summed E-state index contributed by atoms with van der Waals surface area (Å²) in [6, 6.07) is 0.584. The van der Waals surface area contributed by atoms with E-state index >= 15 is 0 Å². The molecule has 0 spiro atoms. The van der Waals surface area contributed by atoms with Gasteiger partial charge in [0.1, 0.15) is 6.61 Å². The minimum atomic E-state index is 0.126. The highest BCUT2D eigenvalue weighted by Crippen LogP contribution is 2.16. The number of amides is 1. The molecule has 0 bridgehead atoms. The van der Waals surface area contributed by atoms with Crippen LogP contribution in [0.5, 0.6) is 0 Å². The van der Waals surface area contributed by atoms with Gasteiger partial charge in [0.15, 0.2) is 0 Å². The topological polar surface area (TPSA) is 44.8 Å². The predicted octanol–water partition coefficient (Wildman–Crippen LogP) is 0.555. The van der Waals surface area contributed by atoms with Gasteiger partial charge in [-0.1, -0.05) is 0 Å². The SMILES string of the molecule is COCC(=O)N1CCC(NCC2CCN(C)CC2)CC1. The van der Waals surface area contributed by atoms with E-state index in [2.05, 4.69) is 17.3 Å². The van der Waals surface area contributed by atoms with Gasteiger partial charge in [-0.2, -0.15) is 0 Å². The van der Waals surface area contributed by atoms with Crippen molar-refractivity contribution in [3.05, 3.63) is 0 Å². The van der Waals surface area contributed by atoms with Crippen LogP contribution in [0.4, 0.5) is 0 Å². The van der Waals surface area contributed by atoms with E-state index in [1.165, 1.54) is 25.9 Å². The van der Waals surface area contributed by atoms with Gasteiger partial charge in [-0.15, -0.1) is 0 Å². The average molecular weight is 283 g/mol. The first-order valence-corrected chi connectivity index (χ1v) is 7.87. The van der Waals surface area contributed by atoms with Gasteiger partial charge in [-0.3, -0.25) is 4.79 Å². The molecular formula is C15H29N3O2. The summed E-state index contributed by atoms with van der Waals surface area (Å²) < 4.78 is 4.91. The number of nitrogens with zero attached hydrogens (tertiary/aromatic N) is 2. The third kappa shape index (κ3) is 4.72. The number of ether oxygens (including phenoxy) is 1. The summed E-state index contributed by atoms with van der Waals surface area (Å²) in [6.07, 6.45) is 4.77. The monoisotopic (exact) mass is 283 g/mol. The summed E-state index contributed by atoms with van der Waals surface area (Å²) in [4.78, 5) is 16.1. The minimum Gasteiger partial charge on any atom is -0.375 e. The van der Waals surface area contributed by atoms with Crippen LogP contribution >= 0.6 is 0 Å². The molecule has 0 saturated carbocycles. The average Bonchev–Trinajstić information content (AvgIpc) is 2.47. The highest BCUT2D eigenvalue weighted by Gasteiger charge is 2.23. The number of nitrogens with one attached hydrogen (secondary N) is 1. The van der Waals surface area contributed by atoms with E-state index in [-0.39, 0.29) is 12.5 Å². The first kappa shape index (κ1) is 15.7. The third-order valence-corrected chi connectivity index (χ3v) is 4.65. The molecule has 0 aromatic carbocycles. The molecule has 0 unspecified atom stereocenters. The van der Waals surface area contributed by atoms with Crippen molar-refractivity contribution in [3.8, 4) is 0 Å². The second-order valence-corrected chi connectivity index (χ2v) is 6.24. The van der Waals surface area contributed by atoms with Crippen molar-refractivity contribution in [3.63, 3.8) is 0 Å². The molecule has 2 rings (SSSR count). The Morgan fingerprint density at radius 2 is 1.80 bits per heavy atom. The van der Waals surface area contributed by atoms with Crippen molar-refractivity contribution < 1.29 is 9.53 Å². The number of hydrogen-bond acceptors (Lipinski definition) is 4. The van der Waals surface area contributed by atoms with E-state index < -0.39 is 0 Å². The van der Waals surface area contributed by atoms with Crippen LogP contribution in [0, 0.1) is 5.92 Å². The Bertz CT molecular complexity index is 295. The van der Waals surface area contributed by atoms with E-state index in [4.69, 9.17) is 4.74 Å². The van der Waals surface area contributed by atoms with Crippen LogP contribution in [0.2, 0.25) is 0 Å². The Morgan fingerprint density at radius 1 is 1.15 bits per heavy atom. The zero-order valence-electron chi connectivity index (χ0n) is 12.9. The Labute approximate surface area is 122 Å². The molecule has 5 nitrogen and oxygen atoms in total. The number of methoxy groups -OCH3 is 1. The summed E-state index contributed by atoms with van der Waals surface area (Å²) in [7, 11) is 3.78. The Hall–Kier alpha value is -0.650. The maximum atomic E-state index is 11.7. The largest absolute Gasteiger partial charge is 0.375 e. The smallest absolute Gasteiger partial charge is 0.248 e. The third-order valence-electron chi connectivity index (χ3n) is 4.65. The summed E-state index contributed by atoms with van der Waals surface area (Å²) in [5, 5.41) is 3.71. The van der Waals surface area contributed by atoms with Gasteiger partial charge in [0.25, 0.3) is 0 Å². The molecule has 2 aliphatic heterocycles. The Balaban J connectivity index is 1.61. The fourth-order valence-electron chi connectivity index (χ4n) is 3.15. The first-order valence-electron chi connectivity index (χ1n) is 7.87. The molecule has 1 N–H and O–H groups in total. The maximum absolute atomic E-state index is 11.7. The van der Waals surface area contributed by atoms with Crippen molar-refractivity contribution in [1.82, 2.24) is 15.1 Å². The fraction of sp³-hybridized carbons (Fsp3) is 0.933. The van der Waals surface area contributed by atoms with Gasteiger partial charge in [-0.25, -0.2) is 0 Å². The quantitative estimate of drug-likeness (QED) is 0.800. The predicted molar refractivity (Wildman–Crippen MR) is 79.7 cm³/mol. The zero-order chi connectivity index (χ0) is 14.4. The van der Waals surface area contributed by atoms with Crippen molar-refractivity contribution in [1.29, 1.82) is 0 Å². The molecule has 2 fully saturated rings. The molecule has 2 heterocycles. The normalized spacial score (nSPS) is 23.2. The van der Waals surface area contributed by atoms with Crippen LogP contribution in [0.3, 0.4) is 0 Å². The molecule has 0 aliphatic carbocycles. The van der Waals surface area contributed by atoms with Crippen LogP contribution < -0.4 is 5.32 Å². The highest BCUT2D eigenvalue weighted by atomic mass is 16.5. The number of carbonyl (C=O) groups is 1. The van der Waals surface area contributed by atoms with Gasteiger partial charge in [0.05, 0.1) is 0 Å². The number of carbonyl (C=O) groups excluding carboxylic acids is 1. The lowest BCUT2D eigenvalue weighted by molar-refractivity contribution is -0.136. The van der Waals surface area contributed by atoms with E-state index in [9.17, 15) is 4.79 Å². The molecule has 116 valence electrons. The number of piperidine rings is 2. The number of hydrogen-bond donors (Lipinski definition) is 1. The molecule has 2 aliphatic rings. The summed E-state index contributed by atoms with van der Waals surface area (Å²) in [6.45, 7) is 5.56. The van der Waals surface area contributed by atoms with Gasteiger partial charge in [0, 0.05) is 26.2 Å². The van der Waals surface area contributed by atoms with Gasteiger partial charge in [-0.05, 0) is 58.3 Å². The zero-order valence-corrected chi connectivity index (χ0v) is 12.9. The molecule has 0 aromatic heterocycles.